The number of ether oxygens (including phenoxy) is 2. The largest absolute Gasteiger partial charge is 0.480 e. The van der Waals surface area contributed by atoms with Crippen molar-refractivity contribution in [2.75, 3.05) is 37.7 Å². The molecule has 1 amide bonds. The molecular formula is C22H25ClN2O4. The van der Waals surface area contributed by atoms with Crippen LogP contribution in [0.15, 0.2) is 48.5 Å². The number of esters is 1. The lowest BCUT2D eigenvalue weighted by Gasteiger charge is -2.37. The Morgan fingerprint density at radius 3 is 2.45 bits per heavy atom. The molecular weight excluding hydrogens is 392 g/mol. The first kappa shape index (κ1) is 21.0. The van der Waals surface area contributed by atoms with Gasteiger partial charge in [0, 0.05) is 31.9 Å². The maximum absolute atomic E-state index is 12.6. The first-order valence-electron chi connectivity index (χ1n) is 9.61. The van der Waals surface area contributed by atoms with Crippen LogP contribution in [0.25, 0.3) is 0 Å². The Kier molecular flexibility index (Phi) is 6.99. The van der Waals surface area contributed by atoms with E-state index in [1.54, 1.807) is 24.0 Å². The highest BCUT2D eigenvalue weighted by Gasteiger charge is 2.27. The van der Waals surface area contributed by atoms with Gasteiger partial charge in [-0.1, -0.05) is 35.9 Å². The molecule has 0 saturated carbocycles. The Bertz CT molecular complexity index is 851. The summed E-state index contributed by atoms with van der Waals surface area (Å²) in [4.78, 5) is 28.7. The van der Waals surface area contributed by atoms with E-state index in [1.165, 1.54) is 0 Å². The zero-order valence-corrected chi connectivity index (χ0v) is 17.4. The van der Waals surface area contributed by atoms with Gasteiger partial charge in [0.15, 0.2) is 12.7 Å². The third kappa shape index (κ3) is 5.64. The molecule has 0 spiro atoms. The van der Waals surface area contributed by atoms with Crippen molar-refractivity contribution < 1.29 is 19.1 Å². The zero-order valence-electron chi connectivity index (χ0n) is 16.6. The van der Waals surface area contributed by atoms with Crippen molar-refractivity contribution in [3.63, 3.8) is 0 Å². The molecule has 0 bridgehead atoms. The molecule has 0 radical (unpaired) electrons. The minimum absolute atomic E-state index is 0.195. The Morgan fingerprint density at radius 2 is 1.76 bits per heavy atom. The number of benzene rings is 2. The molecule has 1 aliphatic heterocycles. The highest BCUT2D eigenvalue weighted by atomic mass is 35.5. The van der Waals surface area contributed by atoms with Gasteiger partial charge < -0.3 is 19.3 Å². The van der Waals surface area contributed by atoms with Gasteiger partial charge in [-0.25, -0.2) is 4.79 Å². The number of amides is 1. The third-order valence-corrected chi connectivity index (χ3v) is 5.11. The number of aryl methyl sites for hydroxylation is 1. The maximum Gasteiger partial charge on any atom is 0.344 e. The minimum atomic E-state index is -0.859. The number of carbonyl (C=O) groups excluding carboxylic acids is 2. The van der Waals surface area contributed by atoms with Crippen molar-refractivity contribution in [3.05, 3.63) is 59.1 Å². The average Bonchev–Trinajstić information content (AvgIpc) is 2.74. The zero-order chi connectivity index (χ0) is 20.8. The van der Waals surface area contributed by atoms with E-state index in [-0.39, 0.29) is 12.5 Å². The fraction of sp³-hybridized carbons (Fsp3) is 0.364. The van der Waals surface area contributed by atoms with Crippen molar-refractivity contribution in [2.24, 2.45) is 0 Å². The van der Waals surface area contributed by atoms with Gasteiger partial charge in [0.25, 0.3) is 5.91 Å². The van der Waals surface area contributed by atoms with Gasteiger partial charge in [-0.05, 0) is 43.7 Å². The summed E-state index contributed by atoms with van der Waals surface area (Å²) in [5.74, 6) is -0.384. The molecule has 2 aromatic rings. The van der Waals surface area contributed by atoms with Gasteiger partial charge in [-0.15, -0.1) is 0 Å². The molecule has 1 saturated heterocycles. The van der Waals surface area contributed by atoms with Gasteiger partial charge >= 0.3 is 5.97 Å². The van der Waals surface area contributed by atoms with E-state index in [2.05, 4.69) is 17.0 Å². The molecule has 1 heterocycles. The van der Waals surface area contributed by atoms with Crippen LogP contribution >= 0.6 is 11.6 Å². The van der Waals surface area contributed by atoms with Crippen molar-refractivity contribution in [1.29, 1.82) is 0 Å². The van der Waals surface area contributed by atoms with Crippen LogP contribution < -0.4 is 9.64 Å². The first-order chi connectivity index (χ1) is 13.9. The Labute approximate surface area is 176 Å². The van der Waals surface area contributed by atoms with E-state index >= 15 is 0 Å². The topological polar surface area (TPSA) is 59.1 Å². The molecule has 1 aliphatic rings. The molecule has 0 unspecified atom stereocenters. The lowest BCUT2D eigenvalue weighted by molar-refractivity contribution is -0.160. The fourth-order valence-corrected chi connectivity index (χ4v) is 3.39. The molecule has 6 nitrogen and oxygen atoms in total. The van der Waals surface area contributed by atoms with E-state index in [9.17, 15) is 9.59 Å². The minimum Gasteiger partial charge on any atom is -0.480 e. The Hall–Kier alpha value is -2.73. The van der Waals surface area contributed by atoms with Crippen LogP contribution in [0.5, 0.6) is 5.75 Å². The SMILES string of the molecule is Cc1ccc(Cl)c(OCC(=O)O[C@@H](C)C(=O)N2CCN(c3ccccc3)CC2)c1. The Balaban J connectivity index is 1.45. The monoisotopic (exact) mass is 416 g/mol. The summed E-state index contributed by atoms with van der Waals surface area (Å²) in [6.45, 7) is 5.85. The number of anilines is 1. The summed E-state index contributed by atoms with van der Waals surface area (Å²) < 4.78 is 10.7. The van der Waals surface area contributed by atoms with E-state index in [1.807, 2.05) is 31.2 Å². The Morgan fingerprint density at radius 1 is 1.07 bits per heavy atom. The van der Waals surface area contributed by atoms with Crippen LogP contribution in [0, 0.1) is 6.92 Å². The number of piperazine rings is 1. The molecule has 7 heteroatoms. The number of carbonyl (C=O) groups is 2. The summed E-state index contributed by atoms with van der Waals surface area (Å²) in [7, 11) is 0. The molecule has 2 aromatic carbocycles. The predicted molar refractivity (Wildman–Crippen MR) is 112 cm³/mol. The summed E-state index contributed by atoms with van der Waals surface area (Å²) >= 11 is 6.05. The van der Waals surface area contributed by atoms with Crippen molar-refractivity contribution >= 4 is 29.2 Å². The second-order valence-electron chi connectivity index (χ2n) is 7.00. The second kappa shape index (κ2) is 9.65. The summed E-state index contributed by atoms with van der Waals surface area (Å²) in [6, 6.07) is 15.4. The summed E-state index contributed by atoms with van der Waals surface area (Å²) in [5.41, 5.74) is 2.11. The molecule has 1 fully saturated rings. The number of hydrogen-bond acceptors (Lipinski definition) is 5. The number of nitrogens with zero attached hydrogens (tertiary/aromatic N) is 2. The number of halogens is 1. The van der Waals surface area contributed by atoms with Crippen LogP contribution in [0.2, 0.25) is 5.02 Å². The molecule has 154 valence electrons. The molecule has 0 aliphatic carbocycles. The van der Waals surface area contributed by atoms with Gasteiger partial charge in [-0.2, -0.15) is 0 Å². The van der Waals surface area contributed by atoms with Crippen LogP contribution in [0.1, 0.15) is 12.5 Å². The fourth-order valence-electron chi connectivity index (χ4n) is 3.22. The lowest BCUT2D eigenvalue weighted by Crippen LogP contribution is -2.51. The number of rotatable bonds is 6. The molecule has 3 rings (SSSR count). The molecule has 0 N–H and O–H groups in total. The van der Waals surface area contributed by atoms with Crippen LogP contribution in [0.4, 0.5) is 5.69 Å². The number of hydrogen-bond donors (Lipinski definition) is 0. The lowest BCUT2D eigenvalue weighted by atomic mass is 10.2. The molecule has 29 heavy (non-hydrogen) atoms. The quantitative estimate of drug-likeness (QED) is 0.676. The molecule has 1 atom stereocenters. The van der Waals surface area contributed by atoms with Crippen molar-refractivity contribution in [3.8, 4) is 5.75 Å². The van der Waals surface area contributed by atoms with Gasteiger partial charge in [0.2, 0.25) is 0 Å². The van der Waals surface area contributed by atoms with Gasteiger partial charge in [-0.3, -0.25) is 4.79 Å². The van der Waals surface area contributed by atoms with E-state index in [4.69, 9.17) is 21.1 Å². The van der Waals surface area contributed by atoms with E-state index in [0.717, 1.165) is 24.3 Å². The maximum atomic E-state index is 12.6. The highest BCUT2D eigenvalue weighted by Crippen LogP contribution is 2.25. The smallest absolute Gasteiger partial charge is 0.344 e. The van der Waals surface area contributed by atoms with Crippen LogP contribution in [0.3, 0.4) is 0 Å². The predicted octanol–water partition coefficient (Wildman–Crippen LogP) is 3.31. The number of para-hydroxylation sites is 1. The van der Waals surface area contributed by atoms with Crippen LogP contribution in [-0.2, 0) is 14.3 Å². The van der Waals surface area contributed by atoms with Gasteiger partial charge in [0.05, 0.1) is 5.02 Å². The van der Waals surface area contributed by atoms with E-state index < -0.39 is 12.1 Å². The summed E-state index contributed by atoms with van der Waals surface area (Å²) in [5, 5.41) is 0.420. The average molecular weight is 417 g/mol. The third-order valence-electron chi connectivity index (χ3n) is 4.80. The second-order valence-corrected chi connectivity index (χ2v) is 7.41. The van der Waals surface area contributed by atoms with Crippen molar-refractivity contribution in [2.45, 2.75) is 20.0 Å². The normalized spacial score (nSPS) is 15.0. The first-order valence-corrected chi connectivity index (χ1v) is 9.99. The van der Waals surface area contributed by atoms with Crippen LogP contribution in [-0.4, -0.2) is 55.7 Å². The summed E-state index contributed by atoms with van der Waals surface area (Å²) in [6.07, 6.45) is -0.859. The highest BCUT2D eigenvalue weighted by molar-refractivity contribution is 6.32. The standard InChI is InChI=1S/C22H25ClN2O4/c1-16-8-9-19(23)20(14-16)28-15-21(26)29-17(2)22(27)25-12-10-24(11-13-25)18-6-4-3-5-7-18/h3-9,14,17H,10-13,15H2,1-2H3/t17-/m0/s1. The molecule has 0 aromatic heterocycles. The van der Waals surface area contributed by atoms with E-state index in [0.29, 0.717) is 23.9 Å². The van der Waals surface area contributed by atoms with Gasteiger partial charge in [0.1, 0.15) is 5.75 Å². The van der Waals surface area contributed by atoms with Crippen molar-refractivity contribution in [1.82, 2.24) is 4.90 Å².